The number of halogens is 2. The van der Waals surface area contributed by atoms with Crippen molar-refractivity contribution < 1.29 is 47.4 Å². The Bertz CT molecular complexity index is 3090. The first-order chi connectivity index (χ1) is 32.4. The molecule has 1 aliphatic carbocycles. The van der Waals surface area contributed by atoms with Gasteiger partial charge < -0.3 is 35.9 Å². The smallest absolute Gasteiger partial charge is 0.336 e. The molecule has 0 unspecified atom stereocenters. The molecule has 1 aliphatic heterocycles. The van der Waals surface area contributed by atoms with Crippen LogP contribution >= 0.6 is 0 Å². The zero-order chi connectivity index (χ0) is 48.7. The monoisotopic (exact) mass is 927 g/mol. The summed E-state index contributed by atoms with van der Waals surface area (Å²) in [4.78, 5) is 75.9. The molecule has 7 N–H and O–H groups in total. The fraction of sp³-hybridized carbons (Fsp3) is 0.220. The molecule has 2 heterocycles. The van der Waals surface area contributed by atoms with Crippen molar-refractivity contribution in [3.63, 3.8) is 0 Å². The lowest BCUT2D eigenvalue weighted by molar-refractivity contribution is -0.126. The van der Waals surface area contributed by atoms with Crippen LogP contribution in [-0.4, -0.2) is 62.8 Å². The first-order valence-corrected chi connectivity index (χ1v) is 21.6. The second-order valence-electron chi connectivity index (χ2n) is 16.9. The van der Waals surface area contributed by atoms with Crippen LogP contribution in [0.25, 0.3) is 39.1 Å². The number of phenols is 1. The first-order valence-electron chi connectivity index (χ1n) is 21.6. The van der Waals surface area contributed by atoms with Crippen LogP contribution in [0.3, 0.4) is 0 Å². The number of nitrogens with zero attached hydrogens (tertiary/aromatic N) is 2. The highest BCUT2D eigenvalue weighted by Gasteiger charge is 2.26. The van der Waals surface area contributed by atoms with Crippen LogP contribution in [0.4, 0.5) is 25.1 Å². The van der Waals surface area contributed by atoms with Crippen LogP contribution in [0.2, 0.25) is 0 Å². The lowest BCUT2D eigenvalue weighted by Gasteiger charge is -2.17. The molecule has 5 aromatic rings. The predicted molar refractivity (Wildman–Crippen MR) is 250 cm³/mol. The quantitative estimate of drug-likeness (QED) is 0.0363. The van der Waals surface area contributed by atoms with Crippen LogP contribution in [0.1, 0.15) is 78.4 Å². The highest BCUT2D eigenvalue weighted by Crippen LogP contribution is 2.43. The number of hydrogen-bond acceptors (Lipinski definition) is 9. The Morgan fingerprint density at radius 2 is 1.54 bits per heavy atom. The molecule has 0 fully saturated rings. The van der Waals surface area contributed by atoms with E-state index < -0.39 is 46.6 Å². The van der Waals surface area contributed by atoms with Crippen molar-refractivity contribution in [2.24, 2.45) is 0 Å². The third kappa shape index (κ3) is 11.3. The highest BCUT2D eigenvalue weighted by atomic mass is 19.1. The van der Waals surface area contributed by atoms with E-state index in [9.17, 15) is 47.8 Å². The molecule has 0 saturated heterocycles. The van der Waals surface area contributed by atoms with E-state index >= 15 is 0 Å². The number of carbonyl (C=O) groups excluding carboxylic acids is 4. The van der Waals surface area contributed by atoms with E-state index in [0.717, 1.165) is 41.6 Å². The predicted octanol–water partition coefficient (Wildman–Crippen LogP) is 8.10. The minimum Gasteiger partial charge on any atom is -0.505 e. The second-order valence-corrected chi connectivity index (χ2v) is 16.9. The van der Waals surface area contributed by atoms with E-state index in [2.05, 4.69) is 26.6 Å². The molecule has 4 aromatic carbocycles. The molecule has 7 rings (SSSR count). The summed E-state index contributed by atoms with van der Waals surface area (Å²) in [6.07, 6.45) is 1.62. The Morgan fingerprint density at radius 3 is 2.29 bits per heavy atom. The molecule has 2 aliphatic rings. The molecule has 0 bridgehead atoms. The van der Waals surface area contributed by atoms with Gasteiger partial charge in [0.25, 0.3) is 5.91 Å². The number of aromatic nitrogens is 2. The van der Waals surface area contributed by atoms with Gasteiger partial charge in [0.2, 0.25) is 17.2 Å². The number of carbonyl (C=O) groups is 5. The minimum absolute atomic E-state index is 0.00696. The van der Waals surface area contributed by atoms with Crippen molar-refractivity contribution in [3.05, 3.63) is 147 Å². The molecular formula is C50H47F2N7O9. The SMILES string of the molecule is CC(C)(C)c1cc(NC(=O)Nc2ccccc2)n(-c2cccc(CNC(=O)CNC(=O)CCCCCNC(=O)c3ccc(-c4c5cc(F)c(=O)cc-5oc5cc(O)c(F)cc45)c(C(=O)O)c3)c2)n1. The average Bonchev–Trinajstić information content (AvgIpc) is 3.74. The maximum Gasteiger partial charge on any atom is 0.336 e. The Balaban J connectivity index is 0.874. The van der Waals surface area contributed by atoms with Crippen molar-refractivity contribution in [2.75, 3.05) is 23.7 Å². The standard InChI is InChI=1S/C50H47F2N7O9/c1-50(2,3)42-25-43(57-49(67)56-30-12-6-4-7-13-30)59(58-42)31-14-10-11-28(19-31)26-54-45(63)27-55-44(62)15-8-5-9-18-53-47(64)29-16-17-32(33(20-29)48(65)66)46-34-21-36(51)38(60)23-40(34)68-41-24-39(61)37(52)22-35(41)46/h4,6-7,10-14,16-17,19-25,60H,5,8-9,15,18,26-27H2,1-3H3,(H,53,64)(H,54,63)(H,55,62)(H,65,66)(H2,56,57,67). The zero-order valence-electron chi connectivity index (χ0n) is 37.2. The van der Waals surface area contributed by atoms with E-state index in [-0.39, 0.29) is 81.9 Å². The third-order valence-electron chi connectivity index (χ3n) is 10.8. The number of carboxylic acid groups (broad SMARTS) is 1. The van der Waals surface area contributed by atoms with Gasteiger partial charge in [0.1, 0.15) is 17.2 Å². The number of carboxylic acids is 1. The summed E-state index contributed by atoms with van der Waals surface area (Å²) in [6, 6.07) is 25.1. The van der Waals surface area contributed by atoms with Crippen molar-refractivity contribution in [1.29, 1.82) is 0 Å². The van der Waals surface area contributed by atoms with Crippen LogP contribution < -0.4 is 32.0 Å². The topological polar surface area (TPSA) is 234 Å². The van der Waals surface area contributed by atoms with Gasteiger partial charge >= 0.3 is 12.0 Å². The maximum absolute atomic E-state index is 14.6. The normalized spacial score (nSPS) is 11.3. The minimum atomic E-state index is -1.45. The molecule has 0 radical (unpaired) electrons. The summed E-state index contributed by atoms with van der Waals surface area (Å²) in [5, 5.41) is 38.7. The van der Waals surface area contributed by atoms with Crippen molar-refractivity contribution in [3.8, 4) is 33.9 Å². The number of benzene rings is 5. The van der Waals surface area contributed by atoms with E-state index in [0.29, 0.717) is 36.5 Å². The lowest BCUT2D eigenvalue weighted by atomic mass is 9.89. The molecule has 0 saturated carbocycles. The molecule has 0 spiro atoms. The summed E-state index contributed by atoms with van der Waals surface area (Å²) in [5.41, 5.74) is 0.939. The number of nitrogens with one attached hydrogen (secondary N) is 5. The number of hydrogen-bond donors (Lipinski definition) is 7. The molecule has 16 nitrogen and oxygen atoms in total. The van der Waals surface area contributed by atoms with Crippen LogP contribution in [-0.2, 0) is 21.5 Å². The number of phenolic OH excluding ortho intramolecular Hbond substituents is 1. The van der Waals surface area contributed by atoms with Crippen LogP contribution in [0.15, 0.2) is 112 Å². The van der Waals surface area contributed by atoms with Gasteiger partial charge in [-0.1, -0.05) is 63.6 Å². The largest absolute Gasteiger partial charge is 0.505 e. The molecule has 350 valence electrons. The number of para-hydroxylation sites is 1. The van der Waals surface area contributed by atoms with Gasteiger partial charge in [0, 0.05) is 70.9 Å². The summed E-state index contributed by atoms with van der Waals surface area (Å²) in [6.45, 7) is 6.17. The van der Waals surface area contributed by atoms with Gasteiger partial charge in [-0.2, -0.15) is 5.10 Å². The van der Waals surface area contributed by atoms with Crippen molar-refractivity contribution >= 4 is 52.2 Å². The van der Waals surface area contributed by atoms with Crippen molar-refractivity contribution in [1.82, 2.24) is 25.7 Å². The van der Waals surface area contributed by atoms with Gasteiger partial charge in [-0.15, -0.1) is 0 Å². The molecule has 1 aromatic heterocycles. The average molecular weight is 928 g/mol. The number of urea groups is 1. The Kier molecular flexibility index (Phi) is 14.3. The van der Waals surface area contributed by atoms with Crippen LogP contribution in [0.5, 0.6) is 5.75 Å². The number of fused-ring (bicyclic) bond motifs is 2. The Labute approximate surface area is 387 Å². The number of aromatic carboxylic acids is 1. The second kappa shape index (κ2) is 20.4. The van der Waals surface area contributed by atoms with Gasteiger partial charge in [-0.25, -0.2) is 23.1 Å². The summed E-state index contributed by atoms with van der Waals surface area (Å²) >= 11 is 0. The zero-order valence-corrected chi connectivity index (χ0v) is 37.2. The number of anilines is 2. The fourth-order valence-corrected chi connectivity index (χ4v) is 7.32. The Morgan fingerprint density at radius 1 is 0.765 bits per heavy atom. The van der Waals surface area contributed by atoms with Gasteiger partial charge in [0.05, 0.1) is 23.5 Å². The molecule has 18 heteroatoms. The van der Waals surface area contributed by atoms with Gasteiger partial charge in [-0.3, -0.25) is 24.5 Å². The van der Waals surface area contributed by atoms with E-state index in [1.54, 1.807) is 16.8 Å². The van der Waals surface area contributed by atoms with Gasteiger partial charge in [-0.05, 0) is 72.5 Å². The number of rotatable bonds is 16. The summed E-state index contributed by atoms with van der Waals surface area (Å²) < 4.78 is 36.4. The third-order valence-corrected chi connectivity index (χ3v) is 10.8. The highest BCUT2D eigenvalue weighted by molar-refractivity contribution is 6.09. The fourth-order valence-electron chi connectivity index (χ4n) is 7.32. The maximum atomic E-state index is 14.6. The molecule has 5 amide bonds. The molecule has 68 heavy (non-hydrogen) atoms. The summed E-state index contributed by atoms with van der Waals surface area (Å²) in [5.74, 6) is -5.43. The number of aromatic hydroxyl groups is 1. The van der Waals surface area contributed by atoms with E-state index in [1.807, 2.05) is 69.3 Å². The first kappa shape index (κ1) is 47.5. The molecule has 0 atom stereocenters. The Hall–Kier alpha value is -8.41. The summed E-state index contributed by atoms with van der Waals surface area (Å²) in [7, 11) is 0. The van der Waals surface area contributed by atoms with E-state index in [1.165, 1.54) is 12.1 Å². The van der Waals surface area contributed by atoms with Gasteiger partial charge in [0.15, 0.2) is 17.4 Å². The number of unbranched alkanes of at least 4 members (excludes halogenated alkanes) is 2. The number of amides is 5. The molecular weight excluding hydrogens is 881 g/mol. The lowest BCUT2D eigenvalue weighted by Crippen LogP contribution is -2.36. The van der Waals surface area contributed by atoms with Crippen molar-refractivity contribution in [2.45, 2.75) is 58.4 Å². The van der Waals surface area contributed by atoms with Crippen LogP contribution in [0, 0.1) is 11.6 Å². The van der Waals surface area contributed by atoms with E-state index in [4.69, 9.17) is 9.52 Å².